The minimum atomic E-state index is -3.75. The number of hydrogen-bond donors (Lipinski definition) is 1. The Morgan fingerprint density at radius 3 is 2.59 bits per heavy atom. The molecule has 1 N–H and O–H groups in total. The monoisotopic (exact) mass is 474 g/mol. The SMILES string of the molecule is Cc1cccc(N2CCN(S(=O)(=O)CC(=O)Nc3nc(-c4cccc(F)c4)cs3)CC2)c1. The summed E-state index contributed by atoms with van der Waals surface area (Å²) in [6, 6.07) is 14.1. The highest BCUT2D eigenvalue weighted by atomic mass is 32.2. The van der Waals surface area contributed by atoms with Crippen LogP contribution in [0.1, 0.15) is 5.56 Å². The van der Waals surface area contributed by atoms with Gasteiger partial charge in [0.2, 0.25) is 15.9 Å². The van der Waals surface area contributed by atoms with Gasteiger partial charge >= 0.3 is 0 Å². The van der Waals surface area contributed by atoms with Crippen molar-refractivity contribution in [1.29, 1.82) is 0 Å². The largest absolute Gasteiger partial charge is 0.369 e. The molecule has 1 aliphatic heterocycles. The lowest BCUT2D eigenvalue weighted by molar-refractivity contribution is -0.113. The lowest BCUT2D eigenvalue weighted by Gasteiger charge is -2.35. The van der Waals surface area contributed by atoms with Crippen molar-refractivity contribution in [3.63, 3.8) is 0 Å². The molecule has 0 saturated carbocycles. The van der Waals surface area contributed by atoms with Crippen LogP contribution >= 0.6 is 11.3 Å². The van der Waals surface area contributed by atoms with Crippen LogP contribution in [-0.2, 0) is 14.8 Å². The van der Waals surface area contributed by atoms with Gasteiger partial charge in [0.05, 0.1) is 5.69 Å². The molecule has 1 saturated heterocycles. The van der Waals surface area contributed by atoms with Crippen molar-refractivity contribution < 1.29 is 17.6 Å². The lowest BCUT2D eigenvalue weighted by Crippen LogP contribution is -2.50. The number of rotatable bonds is 6. The number of aryl methyl sites for hydroxylation is 1. The highest BCUT2D eigenvalue weighted by molar-refractivity contribution is 7.89. The molecule has 0 spiro atoms. The molecule has 32 heavy (non-hydrogen) atoms. The molecule has 1 aromatic heterocycles. The zero-order chi connectivity index (χ0) is 22.7. The third-order valence-electron chi connectivity index (χ3n) is 5.18. The first kappa shape index (κ1) is 22.4. The molecule has 1 amide bonds. The molecule has 2 aromatic carbocycles. The second-order valence-electron chi connectivity index (χ2n) is 7.58. The van der Waals surface area contributed by atoms with Crippen LogP contribution in [0.2, 0.25) is 0 Å². The number of carbonyl (C=O) groups excluding carboxylic acids is 1. The predicted molar refractivity (Wildman–Crippen MR) is 125 cm³/mol. The highest BCUT2D eigenvalue weighted by Gasteiger charge is 2.29. The van der Waals surface area contributed by atoms with Crippen molar-refractivity contribution in [2.24, 2.45) is 0 Å². The number of thiazole rings is 1. The quantitative estimate of drug-likeness (QED) is 0.593. The zero-order valence-corrected chi connectivity index (χ0v) is 19.1. The summed E-state index contributed by atoms with van der Waals surface area (Å²) >= 11 is 1.16. The molecule has 0 unspecified atom stereocenters. The van der Waals surface area contributed by atoms with Crippen LogP contribution in [0, 0.1) is 12.7 Å². The minimum Gasteiger partial charge on any atom is -0.369 e. The summed E-state index contributed by atoms with van der Waals surface area (Å²) in [7, 11) is -3.75. The van der Waals surface area contributed by atoms with Gasteiger partial charge in [0, 0.05) is 42.8 Å². The Balaban J connectivity index is 1.33. The van der Waals surface area contributed by atoms with E-state index in [-0.39, 0.29) is 10.9 Å². The van der Waals surface area contributed by atoms with E-state index in [1.807, 2.05) is 25.1 Å². The zero-order valence-electron chi connectivity index (χ0n) is 17.5. The Hall–Kier alpha value is -2.82. The molecule has 10 heteroatoms. The van der Waals surface area contributed by atoms with Crippen molar-refractivity contribution >= 4 is 38.1 Å². The van der Waals surface area contributed by atoms with Gasteiger partial charge in [0.15, 0.2) is 5.13 Å². The number of aromatic nitrogens is 1. The van der Waals surface area contributed by atoms with E-state index in [0.29, 0.717) is 37.4 Å². The summed E-state index contributed by atoms with van der Waals surface area (Å²) in [5, 5.41) is 4.50. The summed E-state index contributed by atoms with van der Waals surface area (Å²) in [6.45, 7) is 3.79. The average molecular weight is 475 g/mol. The fraction of sp³-hybridized carbons (Fsp3) is 0.273. The van der Waals surface area contributed by atoms with Crippen LogP contribution in [0.4, 0.5) is 15.2 Å². The summed E-state index contributed by atoms with van der Waals surface area (Å²) in [5.74, 6) is -1.67. The molecule has 2 heterocycles. The minimum absolute atomic E-state index is 0.272. The Morgan fingerprint density at radius 1 is 1.12 bits per heavy atom. The fourth-order valence-corrected chi connectivity index (χ4v) is 5.61. The number of anilines is 2. The second-order valence-corrected chi connectivity index (χ2v) is 10.4. The van der Waals surface area contributed by atoms with Crippen LogP contribution in [0.25, 0.3) is 11.3 Å². The average Bonchev–Trinajstić information content (AvgIpc) is 3.22. The van der Waals surface area contributed by atoms with E-state index >= 15 is 0 Å². The van der Waals surface area contributed by atoms with Gasteiger partial charge in [-0.1, -0.05) is 24.3 Å². The Bertz CT molecular complexity index is 1220. The summed E-state index contributed by atoms with van der Waals surface area (Å²) in [5.41, 5.74) is 3.32. The Kier molecular flexibility index (Phi) is 6.54. The number of benzene rings is 2. The number of nitrogens with one attached hydrogen (secondary N) is 1. The van der Waals surface area contributed by atoms with Gasteiger partial charge < -0.3 is 10.2 Å². The van der Waals surface area contributed by atoms with Crippen molar-refractivity contribution in [3.8, 4) is 11.3 Å². The molecule has 3 aromatic rings. The van der Waals surface area contributed by atoms with Crippen molar-refractivity contribution in [3.05, 3.63) is 65.3 Å². The number of amides is 1. The van der Waals surface area contributed by atoms with Crippen molar-refractivity contribution in [2.45, 2.75) is 6.92 Å². The van der Waals surface area contributed by atoms with Crippen molar-refractivity contribution in [1.82, 2.24) is 9.29 Å². The third kappa shape index (κ3) is 5.32. The number of hydrogen-bond acceptors (Lipinski definition) is 6. The molecule has 1 fully saturated rings. The van der Waals surface area contributed by atoms with Gasteiger partial charge in [-0.2, -0.15) is 4.31 Å². The van der Waals surface area contributed by atoms with Gasteiger partial charge in [-0.25, -0.2) is 17.8 Å². The maximum atomic E-state index is 13.4. The number of piperazine rings is 1. The maximum absolute atomic E-state index is 13.4. The van der Waals surface area contributed by atoms with E-state index in [9.17, 15) is 17.6 Å². The van der Waals surface area contributed by atoms with E-state index in [4.69, 9.17) is 0 Å². The van der Waals surface area contributed by atoms with Gasteiger partial charge in [0.25, 0.3) is 0 Å². The maximum Gasteiger partial charge on any atom is 0.242 e. The molecule has 0 aliphatic carbocycles. The van der Waals surface area contributed by atoms with Gasteiger partial charge in [0.1, 0.15) is 11.6 Å². The van der Waals surface area contributed by atoms with Gasteiger partial charge in [-0.15, -0.1) is 11.3 Å². The fourth-order valence-electron chi connectivity index (χ4n) is 3.57. The smallest absolute Gasteiger partial charge is 0.242 e. The Labute approximate surface area is 190 Å². The number of halogens is 1. The summed E-state index contributed by atoms with van der Waals surface area (Å²) < 4.78 is 40.2. The molecule has 0 atom stereocenters. The standard InChI is InChI=1S/C22H23FN4O3S2/c1-16-4-2-7-19(12-16)26-8-10-27(11-9-26)32(29,30)15-21(28)25-22-24-20(14-31-22)17-5-3-6-18(23)13-17/h2-7,12-14H,8-11,15H2,1H3,(H,24,25,28). The van der Waals surface area contributed by atoms with E-state index in [1.165, 1.54) is 16.4 Å². The van der Waals surface area contributed by atoms with Crippen LogP contribution in [0.5, 0.6) is 0 Å². The van der Waals surface area contributed by atoms with E-state index in [0.717, 1.165) is 22.6 Å². The first-order valence-corrected chi connectivity index (χ1v) is 12.6. The van der Waals surface area contributed by atoms with Gasteiger partial charge in [-0.3, -0.25) is 4.79 Å². The molecule has 0 bridgehead atoms. The van der Waals surface area contributed by atoms with Crippen LogP contribution in [-0.4, -0.2) is 55.5 Å². The summed E-state index contributed by atoms with van der Waals surface area (Å²) in [4.78, 5) is 18.8. The molecular weight excluding hydrogens is 451 g/mol. The molecule has 168 valence electrons. The Morgan fingerprint density at radius 2 is 1.88 bits per heavy atom. The van der Waals surface area contributed by atoms with E-state index < -0.39 is 21.7 Å². The van der Waals surface area contributed by atoms with Crippen LogP contribution in [0.15, 0.2) is 53.9 Å². The van der Waals surface area contributed by atoms with Crippen LogP contribution in [0.3, 0.4) is 0 Å². The topological polar surface area (TPSA) is 82.6 Å². The second kappa shape index (κ2) is 9.35. The van der Waals surface area contributed by atoms with Gasteiger partial charge in [-0.05, 0) is 36.8 Å². The van der Waals surface area contributed by atoms with Crippen LogP contribution < -0.4 is 10.2 Å². The number of carbonyl (C=O) groups is 1. The first-order chi connectivity index (χ1) is 15.3. The summed E-state index contributed by atoms with van der Waals surface area (Å²) in [6.07, 6.45) is 0. The molecule has 7 nitrogen and oxygen atoms in total. The molecule has 1 aliphatic rings. The third-order valence-corrected chi connectivity index (χ3v) is 7.72. The molecule has 4 rings (SSSR count). The number of sulfonamides is 1. The molecule has 0 radical (unpaired) electrons. The first-order valence-electron chi connectivity index (χ1n) is 10.1. The van der Waals surface area contributed by atoms with E-state index in [2.05, 4.69) is 21.3 Å². The molecular formula is C22H23FN4O3S2. The predicted octanol–water partition coefficient (Wildman–Crippen LogP) is 3.35. The van der Waals surface area contributed by atoms with Crippen molar-refractivity contribution in [2.75, 3.05) is 42.1 Å². The highest BCUT2D eigenvalue weighted by Crippen LogP contribution is 2.25. The lowest BCUT2D eigenvalue weighted by atomic mass is 10.2. The normalized spacial score (nSPS) is 15.0. The van der Waals surface area contributed by atoms with E-state index in [1.54, 1.807) is 17.5 Å². The number of nitrogens with zero attached hydrogens (tertiary/aromatic N) is 3.